The van der Waals surface area contributed by atoms with Gasteiger partial charge in [0.2, 0.25) is 0 Å². The van der Waals surface area contributed by atoms with Crippen LogP contribution in [0.1, 0.15) is 11.1 Å². The number of hydrogen-bond donors (Lipinski definition) is 1. The van der Waals surface area contributed by atoms with E-state index >= 15 is 0 Å². The molecular formula is C17H18N2O. The molecule has 1 aliphatic rings. The lowest BCUT2D eigenvalue weighted by atomic mass is 10.1. The monoisotopic (exact) mass is 266 g/mol. The standard InChI is InChI=1S/C17H18N2O/c20-17-18-12-16(11-14-7-3-1-4-8-14)19(17)13-15-9-5-2-6-10-15/h1-10,16H,11-13H2,(H,18,20). The van der Waals surface area contributed by atoms with Gasteiger partial charge < -0.3 is 10.2 Å². The van der Waals surface area contributed by atoms with Crippen molar-refractivity contribution in [3.63, 3.8) is 0 Å². The minimum atomic E-state index is 0.0368. The smallest absolute Gasteiger partial charge is 0.318 e. The molecule has 20 heavy (non-hydrogen) atoms. The van der Waals surface area contributed by atoms with E-state index in [2.05, 4.69) is 29.6 Å². The maximum atomic E-state index is 12.0. The SMILES string of the molecule is O=C1NCC(Cc2ccccc2)N1Cc1ccccc1. The number of urea groups is 1. The van der Waals surface area contributed by atoms with Crippen LogP contribution in [-0.4, -0.2) is 23.5 Å². The van der Waals surface area contributed by atoms with Gasteiger partial charge in [0.25, 0.3) is 0 Å². The van der Waals surface area contributed by atoms with Crippen LogP contribution in [0.15, 0.2) is 60.7 Å². The Morgan fingerprint density at radius 2 is 1.55 bits per heavy atom. The molecule has 1 N–H and O–H groups in total. The minimum Gasteiger partial charge on any atom is -0.336 e. The molecule has 2 aromatic carbocycles. The molecule has 1 atom stereocenters. The second-order valence-electron chi connectivity index (χ2n) is 5.14. The summed E-state index contributed by atoms with van der Waals surface area (Å²) in [5.41, 5.74) is 2.44. The Balaban J connectivity index is 1.72. The van der Waals surface area contributed by atoms with Crippen LogP contribution < -0.4 is 5.32 Å². The topological polar surface area (TPSA) is 32.3 Å². The molecule has 2 aromatic rings. The fourth-order valence-electron chi connectivity index (χ4n) is 2.63. The molecular weight excluding hydrogens is 248 g/mol. The number of amides is 2. The molecule has 2 amide bonds. The Morgan fingerprint density at radius 1 is 0.950 bits per heavy atom. The number of carbonyl (C=O) groups excluding carboxylic acids is 1. The second-order valence-corrected chi connectivity index (χ2v) is 5.14. The summed E-state index contributed by atoms with van der Waals surface area (Å²) >= 11 is 0. The Hall–Kier alpha value is -2.29. The number of hydrogen-bond acceptors (Lipinski definition) is 1. The Bertz CT molecular complexity index is 568. The molecule has 1 aliphatic heterocycles. The lowest BCUT2D eigenvalue weighted by Gasteiger charge is -2.23. The number of rotatable bonds is 4. The number of benzene rings is 2. The lowest BCUT2D eigenvalue weighted by Crippen LogP contribution is -2.34. The fourth-order valence-corrected chi connectivity index (χ4v) is 2.63. The molecule has 0 radical (unpaired) electrons. The maximum absolute atomic E-state index is 12.0. The zero-order valence-electron chi connectivity index (χ0n) is 11.3. The average Bonchev–Trinajstić information content (AvgIpc) is 2.83. The summed E-state index contributed by atoms with van der Waals surface area (Å²) in [6.45, 7) is 1.39. The van der Waals surface area contributed by atoms with Crippen LogP contribution in [0.3, 0.4) is 0 Å². The van der Waals surface area contributed by atoms with E-state index in [0.717, 1.165) is 13.0 Å². The van der Waals surface area contributed by atoms with Crippen LogP contribution in [-0.2, 0) is 13.0 Å². The second kappa shape index (κ2) is 5.78. The Kier molecular flexibility index (Phi) is 3.68. The number of nitrogens with zero attached hydrogens (tertiary/aromatic N) is 1. The first-order chi connectivity index (χ1) is 9.83. The Labute approximate surface area is 119 Å². The van der Waals surface area contributed by atoms with E-state index in [0.29, 0.717) is 6.54 Å². The number of nitrogens with one attached hydrogen (secondary N) is 1. The lowest BCUT2D eigenvalue weighted by molar-refractivity contribution is 0.200. The summed E-state index contributed by atoms with van der Waals surface area (Å²) in [5.74, 6) is 0. The van der Waals surface area contributed by atoms with Crippen LogP contribution in [0.4, 0.5) is 4.79 Å². The van der Waals surface area contributed by atoms with Crippen molar-refractivity contribution in [2.24, 2.45) is 0 Å². The molecule has 0 saturated carbocycles. The first kappa shape index (κ1) is 12.7. The summed E-state index contributed by atoms with van der Waals surface area (Å²) in [6, 6.07) is 20.7. The summed E-state index contributed by atoms with van der Waals surface area (Å²) in [5, 5.41) is 2.95. The molecule has 3 heteroatoms. The summed E-state index contributed by atoms with van der Waals surface area (Å²) < 4.78 is 0. The highest BCUT2D eigenvalue weighted by Gasteiger charge is 2.30. The average molecular weight is 266 g/mol. The van der Waals surface area contributed by atoms with E-state index in [1.165, 1.54) is 11.1 Å². The van der Waals surface area contributed by atoms with Gasteiger partial charge in [-0.3, -0.25) is 0 Å². The molecule has 0 spiro atoms. The largest absolute Gasteiger partial charge is 0.336 e. The van der Waals surface area contributed by atoms with Gasteiger partial charge in [-0.2, -0.15) is 0 Å². The zero-order valence-corrected chi connectivity index (χ0v) is 11.3. The van der Waals surface area contributed by atoms with E-state index < -0.39 is 0 Å². The van der Waals surface area contributed by atoms with Gasteiger partial charge in [-0.05, 0) is 17.5 Å². The predicted octanol–water partition coefficient (Wildman–Crippen LogP) is 2.82. The van der Waals surface area contributed by atoms with Crippen molar-refractivity contribution in [1.82, 2.24) is 10.2 Å². The van der Waals surface area contributed by atoms with Crippen LogP contribution >= 0.6 is 0 Å². The molecule has 102 valence electrons. The van der Waals surface area contributed by atoms with Crippen molar-refractivity contribution in [3.05, 3.63) is 71.8 Å². The molecule has 0 aliphatic carbocycles. The van der Waals surface area contributed by atoms with Gasteiger partial charge in [-0.15, -0.1) is 0 Å². The van der Waals surface area contributed by atoms with Crippen molar-refractivity contribution in [2.75, 3.05) is 6.54 Å². The highest BCUT2D eigenvalue weighted by molar-refractivity contribution is 5.77. The Morgan fingerprint density at radius 3 is 2.20 bits per heavy atom. The molecule has 1 saturated heterocycles. The van der Waals surface area contributed by atoms with Crippen molar-refractivity contribution in [3.8, 4) is 0 Å². The molecule has 3 nitrogen and oxygen atoms in total. The summed E-state index contributed by atoms with van der Waals surface area (Å²) in [6.07, 6.45) is 0.895. The van der Waals surface area contributed by atoms with Gasteiger partial charge in [0.05, 0.1) is 6.04 Å². The van der Waals surface area contributed by atoms with Crippen LogP contribution in [0.2, 0.25) is 0 Å². The zero-order chi connectivity index (χ0) is 13.8. The first-order valence-corrected chi connectivity index (χ1v) is 6.95. The third-order valence-electron chi connectivity index (χ3n) is 3.70. The van der Waals surface area contributed by atoms with Gasteiger partial charge in [-0.25, -0.2) is 4.79 Å². The van der Waals surface area contributed by atoms with Gasteiger partial charge in [0.15, 0.2) is 0 Å². The van der Waals surface area contributed by atoms with E-state index in [9.17, 15) is 4.79 Å². The van der Waals surface area contributed by atoms with E-state index in [1.54, 1.807) is 0 Å². The molecule has 0 aromatic heterocycles. The highest BCUT2D eigenvalue weighted by Crippen LogP contribution is 2.16. The molecule has 3 rings (SSSR count). The van der Waals surface area contributed by atoms with Crippen LogP contribution in [0.25, 0.3) is 0 Å². The maximum Gasteiger partial charge on any atom is 0.318 e. The first-order valence-electron chi connectivity index (χ1n) is 6.95. The minimum absolute atomic E-state index is 0.0368. The van der Waals surface area contributed by atoms with Gasteiger partial charge >= 0.3 is 6.03 Å². The van der Waals surface area contributed by atoms with Gasteiger partial charge in [0, 0.05) is 13.1 Å². The molecule has 0 bridgehead atoms. The molecule has 1 unspecified atom stereocenters. The summed E-state index contributed by atoms with van der Waals surface area (Å²) in [7, 11) is 0. The normalized spacial score (nSPS) is 18.1. The predicted molar refractivity (Wildman–Crippen MR) is 79.3 cm³/mol. The van der Waals surface area contributed by atoms with Gasteiger partial charge in [0.1, 0.15) is 0 Å². The molecule has 1 fully saturated rings. The van der Waals surface area contributed by atoms with Crippen LogP contribution in [0, 0.1) is 0 Å². The fraction of sp³-hybridized carbons (Fsp3) is 0.235. The van der Waals surface area contributed by atoms with Crippen molar-refractivity contribution in [2.45, 2.75) is 19.0 Å². The van der Waals surface area contributed by atoms with Crippen LogP contribution in [0.5, 0.6) is 0 Å². The summed E-state index contributed by atoms with van der Waals surface area (Å²) in [4.78, 5) is 13.9. The third kappa shape index (κ3) is 2.82. The van der Waals surface area contributed by atoms with Crippen molar-refractivity contribution < 1.29 is 4.79 Å². The number of carbonyl (C=O) groups is 1. The van der Waals surface area contributed by atoms with Crippen molar-refractivity contribution >= 4 is 6.03 Å². The van der Waals surface area contributed by atoms with E-state index in [1.807, 2.05) is 41.3 Å². The quantitative estimate of drug-likeness (QED) is 0.906. The van der Waals surface area contributed by atoms with Crippen molar-refractivity contribution in [1.29, 1.82) is 0 Å². The molecule has 1 heterocycles. The highest BCUT2D eigenvalue weighted by atomic mass is 16.2. The van der Waals surface area contributed by atoms with E-state index in [4.69, 9.17) is 0 Å². The van der Waals surface area contributed by atoms with Gasteiger partial charge in [-0.1, -0.05) is 60.7 Å². The van der Waals surface area contributed by atoms with E-state index in [-0.39, 0.29) is 12.1 Å². The third-order valence-corrected chi connectivity index (χ3v) is 3.70.